The molecule has 5 rings (SSSR count). The van der Waals surface area contributed by atoms with Gasteiger partial charge in [-0.15, -0.1) is 0 Å². The molecule has 0 spiro atoms. The second-order valence-corrected chi connectivity index (χ2v) is 9.89. The van der Waals surface area contributed by atoms with Gasteiger partial charge in [0.2, 0.25) is 11.8 Å². The lowest BCUT2D eigenvalue weighted by atomic mass is 10.0. The van der Waals surface area contributed by atoms with Crippen LogP contribution in [0.15, 0.2) is 85.1 Å². The van der Waals surface area contributed by atoms with Crippen LogP contribution in [0.4, 0.5) is 4.79 Å². The second-order valence-electron chi connectivity index (χ2n) is 9.89. The Bertz CT molecular complexity index is 1270. The fourth-order valence-corrected chi connectivity index (χ4v) is 5.34. The molecule has 2 aromatic carbocycles. The Labute approximate surface area is 229 Å². The van der Waals surface area contributed by atoms with Crippen molar-refractivity contribution in [2.45, 2.75) is 45.1 Å². The fourth-order valence-electron chi connectivity index (χ4n) is 5.34. The molecule has 1 N–H and O–H groups in total. The monoisotopic (exact) mass is 526 g/mol. The molecule has 1 aromatic heterocycles. The Balaban J connectivity index is 1.42. The Hall–Kier alpha value is -4.24. The molecule has 4 amide bonds. The van der Waals surface area contributed by atoms with Crippen LogP contribution in [0.25, 0.3) is 0 Å². The van der Waals surface area contributed by atoms with Gasteiger partial charge in [0.1, 0.15) is 12.2 Å². The van der Waals surface area contributed by atoms with Crippen molar-refractivity contribution in [2.24, 2.45) is 0 Å². The van der Waals surface area contributed by atoms with Crippen LogP contribution in [-0.2, 0) is 29.1 Å². The van der Waals surface area contributed by atoms with Gasteiger partial charge in [0.15, 0.2) is 0 Å². The van der Waals surface area contributed by atoms with Crippen LogP contribution < -0.4 is 5.32 Å². The Morgan fingerprint density at radius 2 is 1.67 bits per heavy atom. The first-order chi connectivity index (χ1) is 19.0. The Morgan fingerprint density at radius 3 is 2.33 bits per heavy atom. The molecular weight excluding hydrogens is 492 g/mol. The molecule has 2 aliphatic rings. The number of rotatable bonds is 9. The van der Waals surface area contributed by atoms with Gasteiger partial charge in [-0.25, -0.2) is 4.79 Å². The SMILES string of the molecule is CCCN(C(=O)NCc1ccccc1)N1CC(=O)N2[C@@H](Cc3ccccc3)C(=O)N(Cc3ccccn3)C[C@@H]21. The number of fused-ring (bicyclic) bond motifs is 1. The van der Waals surface area contributed by atoms with Crippen LogP contribution in [0.1, 0.15) is 30.2 Å². The summed E-state index contributed by atoms with van der Waals surface area (Å²) in [6.45, 7) is 3.51. The van der Waals surface area contributed by atoms with Gasteiger partial charge in [0.05, 0.1) is 25.3 Å². The molecule has 2 fully saturated rings. The zero-order valence-corrected chi connectivity index (χ0v) is 22.1. The van der Waals surface area contributed by atoms with E-state index in [0.29, 0.717) is 32.6 Å². The lowest BCUT2D eigenvalue weighted by Gasteiger charge is -2.46. The van der Waals surface area contributed by atoms with Crippen LogP contribution in [0, 0.1) is 0 Å². The van der Waals surface area contributed by atoms with E-state index in [4.69, 9.17) is 0 Å². The number of hydrogen-bond acceptors (Lipinski definition) is 5. The highest BCUT2D eigenvalue weighted by atomic mass is 16.2. The third-order valence-corrected chi connectivity index (χ3v) is 7.18. The molecule has 0 radical (unpaired) electrons. The quantitative estimate of drug-likeness (QED) is 0.463. The minimum Gasteiger partial charge on any atom is -0.333 e. The standard InChI is InChI=1S/C30H34N6O3/c1-2-17-34(30(39)32-19-24-13-7-4-8-14-24)35-22-28(37)36-26(18-23-11-5-3-6-12-23)29(38)33(21-27(35)36)20-25-15-9-10-16-31-25/h3-16,26-27H,2,17-22H2,1H3,(H,32,39)/t26-,27+/m0/s1. The van der Waals surface area contributed by atoms with Crippen LogP contribution in [-0.4, -0.2) is 74.5 Å². The summed E-state index contributed by atoms with van der Waals surface area (Å²) < 4.78 is 0. The molecule has 2 atom stereocenters. The maximum absolute atomic E-state index is 13.8. The Morgan fingerprint density at radius 1 is 0.974 bits per heavy atom. The molecule has 39 heavy (non-hydrogen) atoms. The number of hydrazine groups is 1. The molecular formula is C30H34N6O3. The number of hydrogen-bond donors (Lipinski definition) is 1. The lowest BCUT2D eigenvalue weighted by Crippen LogP contribution is -2.66. The third-order valence-electron chi connectivity index (χ3n) is 7.18. The van der Waals surface area contributed by atoms with E-state index >= 15 is 0 Å². The predicted molar refractivity (Wildman–Crippen MR) is 147 cm³/mol. The molecule has 3 aromatic rings. The first kappa shape index (κ1) is 26.4. The average molecular weight is 527 g/mol. The second kappa shape index (κ2) is 12.1. The van der Waals surface area contributed by atoms with Crippen molar-refractivity contribution in [2.75, 3.05) is 19.6 Å². The summed E-state index contributed by atoms with van der Waals surface area (Å²) in [5, 5.41) is 6.48. The highest BCUT2D eigenvalue weighted by molar-refractivity contribution is 5.91. The molecule has 202 valence electrons. The maximum Gasteiger partial charge on any atom is 0.332 e. The van der Waals surface area contributed by atoms with E-state index in [1.807, 2.05) is 90.8 Å². The van der Waals surface area contributed by atoms with Crippen LogP contribution in [0.3, 0.4) is 0 Å². The molecule has 2 saturated heterocycles. The van der Waals surface area contributed by atoms with E-state index in [2.05, 4.69) is 10.3 Å². The first-order valence-corrected chi connectivity index (χ1v) is 13.4. The number of nitrogens with one attached hydrogen (secondary N) is 1. The molecule has 0 unspecified atom stereocenters. The summed E-state index contributed by atoms with van der Waals surface area (Å²) in [6, 6.07) is 24.2. The van der Waals surface area contributed by atoms with Gasteiger partial charge >= 0.3 is 6.03 Å². The number of amides is 4. The molecule has 0 saturated carbocycles. The van der Waals surface area contributed by atoms with E-state index in [1.54, 1.807) is 21.0 Å². The van der Waals surface area contributed by atoms with Gasteiger partial charge in [0.25, 0.3) is 0 Å². The smallest absolute Gasteiger partial charge is 0.332 e. The normalized spacial score (nSPS) is 19.2. The summed E-state index contributed by atoms with van der Waals surface area (Å²) in [7, 11) is 0. The number of pyridine rings is 1. The largest absolute Gasteiger partial charge is 0.333 e. The summed E-state index contributed by atoms with van der Waals surface area (Å²) in [5.74, 6) is -0.254. The maximum atomic E-state index is 13.8. The van der Waals surface area contributed by atoms with Crippen molar-refractivity contribution in [3.8, 4) is 0 Å². The van der Waals surface area contributed by atoms with Crippen molar-refractivity contribution < 1.29 is 14.4 Å². The number of carbonyl (C=O) groups excluding carboxylic acids is 3. The van der Waals surface area contributed by atoms with Gasteiger partial charge in [-0.1, -0.05) is 73.7 Å². The summed E-state index contributed by atoms with van der Waals surface area (Å²) >= 11 is 0. The van der Waals surface area contributed by atoms with Crippen LogP contribution in [0.5, 0.6) is 0 Å². The summed E-state index contributed by atoms with van der Waals surface area (Å²) in [6.07, 6.45) is 2.38. The minimum atomic E-state index is -0.664. The van der Waals surface area contributed by atoms with E-state index in [9.17, 15) is 14.4 Å². The van der Waals surface area contributed by atoms with Gasteiger partial charge in [0, 0.05) is 25.7 Å². The van der Waals surface area contributed by atoms with Gasteiger partial charge in [-0.2, -0.15) is 5.01 Å². The number of nitrogens with zero attached hydrogens (tertiary/aromatic N) is 5. The molecule has 9 heteroatoms. The molecule has 2 aliphatic heterocycles. The fraction of sp³-hybridized carbons (Fsp3) is 0.333. The van der Waals surface area contributed by atoms with Crippen molar-refractivity contribution >= 4 is 17.8 Å². The van der Waals surface area contributed by atoms with E-state index < -0.39 is 12.2 Å². The minimum absolute atomic E-state index is 0.0411. The Kier molecular flexibility index (Phi) is 8.17. The molecule has 3 heterocycles. The van der Waals surface area contributed by atoms with Gasteiger partial charge in [-0.05, 0) is 29.7 Å². The zero-order chi connectivity index (χ0) is 27.2. The number of benzene rings is 2. The average Bonchev–Trinajstić information content (AvgIpc) is 3.29. The predicted octanol–water partition coefficient (Wildman–Crippen LogP) is 3.04. The molecule has 0 aliphatic carbocycles. The zero-order valence-electron chi connectivity index (χ0n) is 22.1. The highest BCUT2D eigenvalue weighted by Gasteiger charge is 2.52. The lowest BCUT2D eigenvalue weighted by molar-refractivity contribution is -0.157. The number of urea groups is 1. The van der Waals surface area contributed by atoms with Crippen LogP contribution in [0.2, 0.25) is 0 Å². The highest BCUT2D eigenvalue weighted by Crippen LogP contribution is 2.30. The van der Waals surface area contributed by atoms with Crippen molar-refractivity contribution in [1.82, 2.24) is 30.1 Å². The van der Waals surface area contributed by atoms with E-state index in [0.717, 1.165) is 23.2 Å². The number of carbonyl (C=O) groups is 3. The topological polar surface area (TPSA) is 89.1 Å². The first-order valence-electron chi connectivity index (χ1n) is 13.4. The summed E-state index contributed by atoms with van der Waals surface area (Å²) in [4.78, 5) is 48.6. The van der Waals surface area contributed by atoms with Crippen molar-refractivity contribution in [3.05, 3.63) is 102 Å². The number of piperazine rings is 1. The molecule has 9 nitrogen and oxygen atoms in total. The van der Waals surface area contributed by atoms with E-state index in [-0.39, 0.29) is 24.4 Å². The van der Waals surface area contributed by atoms with Gasteiger partial charge < -0.3 is 15.1 Å². The van der Waals surface area contributed by atoms with E-state index in [1.165, 1.54) is 0 Å². The van der Waals surface area contributed by atoms with Gasteiger partial charge in [-0.3, -0.25) is 19.6 Å². The van der Waals surface area contributed by atoms with Crippen molar-refractivity contribution in [1.29, 1.82) is 0 Å². The van der Waals surface area contributed by atoms with Crippen molar-refractivity contribution in [3.63, 3.8) is 0 Å². The van der Waals surface area contributed by atoms with Crippen LogP contribution >= 0.6 is 0 Å². The summed E-state index contributed by atoms with van der Waals surface area (Å²) in [5.41, 5.74) is 2.75. The third kappa shape index (κ3) is 5.93. The molecule has 0 bridgehead atoms. The number of aromatic nitrogens is 1.